The molecule has 0 radical (unpaired) electrons. The van der Waals surface area contributed by atoms with Gasteiger partial charge < -0.3 is 10.1 Å². The molecule has 1 N–H and O–H groups in total. The average molecular weight is 517 g/mol. The SMILES string of the molecule is CC(OCC1(c2ccccc2)NC(=O)N(c2ccccc2C=S)C1=O)c1cc(F)cc(C(F)(F)F)c1. The first kappa shape index (κ1) is 25.5. The number of benzene rings is 3. The number of rotatable bonds is 7. The van der Waals surface area contributed by atoms with E-state index >= 15 is 0 Å². The number of alkyl halides is 3. The number of amides is 3. The molecule has 10 heteroatoms. The topological polar surface area (TPSA) is 58.6 Å². The molecule has 1 aliphatic heterocycles. The number of urea groups is 1. The highest BCUT2D eigenvalue weighted by Gasteiger charge is 2.54. The second-order valence-electron chi connectivity index (χ2n) is 8.24. The maximum Gasteiger partial charge on any atom is 0.416 e. The van der Waals surface area contributed by atoms with Crippen LogP contribution >= 0.6 is 12.2 Å². The van der Waals surface area contributed by atoms with Crippen molar-refractivity contribution < 1.29 is 31.9 Å². The molecular weight excluding hydrogens is 496 g/mol. The van der Waals surface area contributed by atoms with E-state index in [1.165, 1.54) is 12.3 Å². The van der Waals surface area contributed by atoms with Crippen molar-refractivity contribution in [2.45, 2.75) is 24.7 Å². The largest absolute Gasteiger partial charge is 0.416 e. The third-order valence-corrected chi connectivity index (χ3v) is 6.18. The fraction of sp³-hybridized carbons (Fsp3) is 0.192. The molecule has 2 unspecified atom stereocenters. The van der Waals surface area contributed by atoms with Crippen molar-refractivity contribution in [1.29, 1.82) is 0 Å². The Kier molecular flexibility index (Phi) is 6.92. The molecule has 0 aromatic heterocycles. The number of carbonyl (C=O) groups excluding carboxylic acids is 2. The van der Waals surface area contributed by atoms with Crippen molar-refractivity contribution in [2.75, 3.05) is 11.5 Å². The van der Waals surface area contributed by atoms with E-state index in [2.05, 4.69) is 5.32 Å². The van der Waals surface area contributed by atoms with Crippen molar-refractivity contribution in [1.82, 2.24) is 5.32 Å². The summed E-state index contributed by atoms with van der Waals surface area (Å²) in [7, 11) is 0. The second kappa shape index (κ2) is 9.79. The zero-order chi connectivity index (χ0) is 26.1. The summed E-state index contributed by atoms with van der Waals surface area (Å²) in [6, 6.07) is 16.4. The number of thiocarbonyl (C=S) groups is 1. The lowest BCUT2D eigenvalue weighted by Gasteiger charge is -2.29. The van der Waals surface area contributed by atoms with Gasteiger partial charge in [0.15, 0.2) is 5.54 Å². The third kappa shape index (κ3) is 4.74. The molecule has 3 aromatic rings. The van der Waals surface area contributed by atoms with Gasteiger partial charge in [-0.15, -0.1) is 0 Å². The van der Waals surface area contributed by atoms with E-state index in [1.54, 1.807) is 54.6 Å². The van der Waals surface area contributed by atoms with Crippen LogP contribution in [-0.4, -0.2) is 23.9 Å². The maximum absolute atomic E-state index is 13.9. The molecule has 36 heavy (non-hydrogen) atoms. The van der Waals surface area contributed by atoms with Gasteiger partial charge in [-0.1, -0.05) is 60.7 Å². The van der Waals surface area contributed by atoms with Crippen molar-refractivity contribution in [3.63, 3.8) is 0 Å². The quantitative estimate of drug-likeness (QED) is 0.241. The van der Waals surface area contributed by atoms with Crippen LogP contribution in [0.15, 0.2) is 72.8 Å². The van der Waals surface area contributed by atoms with Gasteiger partial charge >= 0.3 is 12.2 Å². The molecule has 0 bridgehead atoms. The normalized spacial score (nSPS) is 18.8. The molecule has 2 atom stereocenters. The fourth-order valence-corrected chi connectivity index (χ4v) is 4.24. The van der Waals surface area contributed by atoms with Gasteiger partial charge in [-0.2, -0.15) is 13.2 Å². The van der Waals surface area contributed by atoms with Crippen molar-refractivity contribution in [3.05, 3.63) is 101 Å². The van der Waals surface area contributed by atoms with Gasteiger partial charge in [0.1, 0.15) is 5.82 Å². The smallest absolute Gasteiger partial charge is 0.370 e. The zero-order valence-electron chi connectivity index (χ0n) is 18.9. The average Bonchev–Trinajstić information content (AvgIpc) is 3.12. The summed E-state index contributed by atoms with van der Waals surface area (Å²) in [6.07, 6.45) is -5.78. The van der Waals surface area contributed by atoms with Crippen LogP contribution in [0.3, 0.4) is 0 Å². The van der Waals surface area contributed by atoms with Gasteiger partial charge in [0.05, 0.1) is 24.0 Å². The van der Waals surface area contributed by atoms with Crippen molar-refractivity contribution in [3.8, 4) is 0 Å². The number of para-hydroxylation sites is 1. The van der Waals surface area contributed by atoms with Crippen molar-refractivity contribution >= 4 is 35.2 Å². The van der Waals surface area contributed by atoms with Crippen LogP contribution in [-0.2, 0) is 21.2 Å². The Hall–Kier alpha value is -3.63. The lowest BCUT2D eigenvalue weighted by atomic mass is 9.90. The maximum atomic E-state index is 13.9. The van der Waals surface area contributed by atoms with E-state index in [9.17, 15) is 27.2 Å². The summed E-state index contributed by atoms with van der Waals surface area (Å²) in [5.74, 6) is -1.72. The van der Waals surface area contributed by atoms with Crippen LogP contribution < -0.4 is 10.2 Å². The molecule has 4 rings (SSSR count). The van der Waals surface area contributed by atoms with E-state index in [4.69, 9.17) is 17.0 Å². The minimum atomic E-state index is -4.74. The van der Waals surface area contributed by atoms with E-state index in [1.807, 2.05) is 0 Å². The number of hydrogen-bond donors (Lipinski definition) is 1. The minimum Gasteiger partial charge on any atom is -0.370 e. The molecule has 3 amide bonds. The summed E-state index contributed by atoms with van der Waals surface area (Å²) in [5.41, 5.74) is -1.73. The minimum absolute atomic E-state index is 0.0646. The van der Waals surface area contributed by atoms with Crippen LogP contribution in [0.5, 0.6) is 0 Å². The molecule has 1 saturated heterocycles. The van der Waals surface area contributed by atoms with Gasteiger partial charge in [0.2, 0.25) is 0 Å². The number of ether oxygens (including phenoxy) is 1. The zero-order valence-corrected chi connectivity index (χ0v) is 19.7. The third-order valence-electron chi connectivity index (χ3n) is 5.93. The van der Waals surface area contributed by atoms with E-state index in [-0.39, 0.29) is 11.3 Å². The molecule has 0 saturated carbocycles. The van der Waals surface area contributed by atoms with E-state index < -0.39 is 47.7 Å². The predicted octanol–water partition coefficient (Wildman–Crippen LogP) is 5.92. The monoisotopic (exact) mass is 516 g/mol. The van der Waals surface area contributed by atoms with Gasteiger partial charge in [0, 0.05) is 10.9 Å². The number of carbonyl (C=O) groups is 2. The number of nitrogens with zero attached hydrogens (tertiary/aromatic N) is 1. The molecule has 0 aliphatic carbocycles. The Morgan fingerprint density at radius 2 is 1.72 bits per heavy atom. The van der Waals surface area contributed by atoms with Crippen LogP contribution in [0.1, 0.15) is 35.3 Å². The lowest BCUT2D eigenvalue weighted by Crippen LogP contribution is -2.48. The first-order valence-corrected chi connectivity index (χ1v) is 11.3. The molecule has 1 heterocycles. The van der Waals surface area contributed by atoms with Gasteiger partial charge in [0.25, 0.3) is 5.91 Å². The first-order chi connectivity index (χ1) is 17.1. The van der Waals surface area contributed by atoms with Crippen LogP contribution in [0.4, 0.5) is 28.0 Å². The lowest BCUT2D eigenvalue weighted by molar-refractivity contribution is -0.137. The first-order valence-electron chi connectivity index (χ1n) is 10.8. The van der Waals surface area contributed by atoms with Gasteiger partial charge in [-0.25, -0.2) is 14.1 Å². The summed E-state index contributed by atoms with van der Waals surface area (Å²) in [5, 5.41) is 4.04. The van der Waals surface area contributed by atoms with E-state index in [0.717, 1.165) is 17.0 Å². The summed E-state index contributed by atoms with van der Waals surface area (Å²) < 4.78 is 59.3. The molecule has 186 valence electrons. The fourth-order valence-electron chi connectivity index (χ4n) is 4.04. The Labute approximate surface area is 209 Å². The highest BCUT2D eigenvalue weighted by Crippen LogP contribution is 2.36. The van der Waals surface area contributed by atoms with E-state index in [0.29, 0.717) is 17.2 Å². The van der Waals surface area contributed by atoms with Crippen LogP contribution in [0, 0.1) is 5.82 Å². The molecule has 5 nitrogen and oxygen atoms in total. The number of halogens is 4. The summed E-state index contributed by atoms with van der Waals surface area (Å²) in [4.78, 5) is 27.8. The highest BCUT2D eigenvalue weighted by molar-refractivity contribution is 7.79. The second-order valence-corrected chi connectivity index (χ2v) is 8.48. The van der Waals surface area contributed by atoms with Crippen LogP contribution in [0.25, 0.3) is 0 Å². The molecule has 1 fully saturated rings. The standard InChI is InChI=1S/C26H20F4N2O3S/c1-16(18-11-20(26(28,29)30)13-21(27)12-18)35-15-25(19-8-3-2-4-9-19)23(33)32(24(34)31-25)22-10-6-5-7-17(22)14-36/h2-14,16H,15H2,1H3,(H,31,34). The van der Waals surface area contributed by atoms with Crippen molar-refractivity contribution in [2.24, 2.45) is 0 Å². The number of imide groups is 1. The summed E-state index contributed by atoms with van der Waals surface area (Å²) >= 11 is 5.03. The molecule has 0 spiro atoms. The highest BCUT2D eigenvalue weighted by atomic mass is 32.1. The molecular formula is C26H20F4N2O3S. The number of hydrogen-bond acceptors (Lipinski definition) is 4. The predicted molar refractivity (Wildman–Crippen MR) is 129 cm³/mol. The van der Waals surface area contributed by atoms with Crippen LogP contribution in [0.2, 0.25) is 0 Å². The Balaban J connectivity index is 1.70. The van der Waals surface area contributed by atoms with Gasteiger partial charge in [-0.05, 0) is 42.3 Å². The number of anilines is 1. The molecule has 1 aliphatic rings. The Morgan fingerprint density at radius 3 is 2.39 bits per heavy atom. The van der Waals surface area contributed by atoms with Gasteiger partial charge in [-0.3, -0.25) is 4.79 Å². The Bertz CT molecular complexity index is 1320. The number of nitrogens with one attached hydrogen (secondary N) is 1. The summed E-state index contributed by atoms with van der Waals surface area (Å²) in [6.45, 7) is 1.02. The molecule has 3 aromatic carbocycles. The Morgan fingerprint density at radius 1 is 1.06 bits per heavy atom.